The monoisotopic (exact) mass is 226 g/mol. The predicted octanol–water partition coefficient (Wildman–Crippen LogP) is 3.20. The molecule has 0 spiro atoms. The molecule has 1 unspecified atom stereocenters. The van der Waals surface area contributed by atoms with E-state index < -0.39 is 0 Å². The average Bonchev–Trinajstić information content (AvgIpc) is 2.10. The molecule has 0 aliphatic rings. The third-order valence-electron chi connectivity index (χ3n) is 2.58. The summed E-state index contributed by atoms with van der Waals surface area (Å²) in [5.41, 5.74) is 5.30. The molecule has 0 bridgehead atoms. The minimum atomic E-state index is 0.0597. The molecule has 0 fully saturated rings. The van der Waals surface area contributed by atoms with E-state index >= 15 is 0 Å². The van der Waals surface area contributed by atoms with Gasteiger partial charge in [-0.05, 0) is 35.6 Å². The Morgan fingerprint density at radius 1 is 1.33 bits per heavy atom. The molecule has 15 heavy (non-hydrogen) atoms. The summed E-state index contributed by atoms with van der Waals surface area (Å²) in [4.78, 5) is 0. The summed E-state index contributed by atoms with van der Waals surface area (Å²) in [6.45, 7) is 8.52. The summed E-state index contributed by atoms with van der Waals surface area (Å²) in [5.74, 6) is 5.62. The number of aryl methyl sites for hydroxylation is 1. The number of rotatable bonds is 2. The molecule has 0 saturated heterocycles. The molecule has 1 rings (SSSR count). The fourth-order valence-electron chi connectivity index (χ4n) is 1.73. The molecule has 1 atom stereocenters. The zero-order valence-electron chi connectivity index (χ0n) is 9.76. The van der Waals surface area contributed by atoms with Gasteiger partial charge in [-0.15, -0.1) is 0 Å². The van der Waals surface area contributed by atoms with Gasteiger partial charge in [0.1, 0.15) is 0 Å². The molecule has 0 saturated carbocycles. The lowest BCUT2D eigenvalue weighted by Crippen LogP contribution is -2.37. The van der Waals surface area contributed by atoms with Crippen molar-refractivity contribution in [1.29, 1.82) is 0 Å². The van der Waals surface area contributed by atoms with Gasteiger partial charge in [-0.1, -0.05) is 38.4 Å². The second kappa shape index (κ2) is 4.52. The zero-order chi connectivity index (χ0) is 11.6. The smallest absolute Gasteiger partial charge is 0.0511 e. The molecule has 0 aliphatic carbocycles. The average molecular weight is 227 g/mol. The number of hydrogen-bond acceptors (Lipinski definition) is 2. The van der Waals surface area contributed by atoms with Gasteiger partial charge in [0.2, 0.25) is 0 Å². The SMILES string of the molecule is Cc1ccc(Cl)cc1C(NN)C(C)(C)C. The highest BCUT2D eigenvalue weighted by Crippen LogP contribution is 2.34. The van der Waals surface area contributed by atoms with Gasteiger partial charge in [0.05, 0.1) is 6.04 Å². The lowest BCUT2D eigenvalue weighted by atomic mass is 9.81. The van der Waals surface area contributed by atoms with Crippen molar-refractivity contribution < 1.29 is 0 Å². The van der Waals surface area contributed by atoms with Crippen molar-refractivity contribution >= 4 is 11.6 Å². The van der Waals surface area contributed by atoms with Crippen molar-refractivity contribution in [3.8, 4) is 0 Å². The molecular formula is C12H19ClN2. The molecule has 0 heterocycles. The largest absolute Gasteiger partial charge is 0.271 e. The van der Waals surface area contributed by atoms with Crippen LogP contribution in [0.15, 0.2) is 18.2 Å². The highest BCUT2D eigenvalue weighted by atomic mass is 35.5. The lowest BCUT2D eigenvalue weighted by Gasteiger charge is -2.31. The van der Waals surface area contributed by atoms with E-state index in [9.17, 15) is 0 Å². The molecule has 0 aliphatic heterocycles. The standard InChI is InChI=1S/C12H19ClN2/c1-8-5-6-9(13)7-10(8)11(15-14)12(2,3)4/h5-7,11,15H,14H2,1-4H3. The maximum absolute atomic E-state index is 6.00. The van der Waals surface area contributed by atoms with Crippen LogP contribution in [-0.2, 0) is 0 Å². The number of nitrogens with one attached hydrogen (secondary N) is 1. The third kappa shape index (κ3) is 2.94. The molecule has 3 N–H and O–H groups in total. The fourth-order valence-corrected chi connectivity index (χ4v) is 1.91. The van der Waals surface area contributed by atoms with Gasteiger partial charge in [-0.3, -0.25) is 11.3 Å². The predicted molar refractivity (Wildman–Crippen MR) is 65.7 cm³/mol. The Labute approximate surface area is 96.8 Å². The molecule has 0 aromatic heterocycles. The normalized spacial score (nSPS) is 14.0. The van der Waals surface area contributed by atoms with Crippen molar-refractivity contribution in [2.24, 2.45) is 11.3 Å². The lowest BCUT2D eigenvalue weighted by molar-refractivity contribution is 0.274. The quantitative estimate of drug-likeness (QED) is 0.601. The first kappa shape index (κ1) is 12.5. The Balaban J connectivity index is 3.18. The zero-order valence-corrected chi connectivity index (χ0v) is 10.5. The maximum Gasteiger partial charge on any atom is 0.0511 e. The summed E-state index contributed by atoms with van der Waals surface area (Å²) < 4.78 is 0. The van der Waals surface area contributed by atoms with Crippen molar-refractivity contribution in [2.45, 2.75) is 33.7 Å². The van der Waals surface area contributed by atoms with Gasteiger partial charge >= 0.3 is 0 Å². The van der Waals surface area contributed by atoms with Crippen LogP contribution in [0.25, 0.3) is 0 Å². The van der Waals surface area contributed by atoms with Crippen molar-refractivity contribution in [3.05, 3.63) is 34.3 Å². The molecular weight excluding hydrogens is 208 g/mol. The second-order valence-electron chi connectivity index (χ2n) is 4.97. The molecule has 84 valence electrons. The second-order valence-corrected chi connectivity index (χ2v) is 5.40. The van der Waals surface area contributed by atoms with Gasteiger partial charge in [0.25, 0.3) is 0 Å². The molecule has 0 amide bonds. The van der Waals surface area contributed by atoms with Gasteiger partial charge in [-0.25, -0.2) is 0 Å². The van der Waals surface area contributed by atoms with E-state index in [-0.39, 0.29) is 11.5 Å². The minimum absolute atomic E-state index is 0.0597. The number of hydrogen-bond donors (Lipinski definition) is 2. The van der Waals surface area contributed by atoms with Crippen LogP contribution in [0.4, 0.5) is 0 Å². The molecule has 2 nitrogen and oxygen atoms in total. The summed E-state index contributed by atoms with van der Waals surface area (Å²) in [6.07, 6.45) is 0. The van der Waals surface area contributed by atoms with Crippen LogP contribution >= 0.6 is 11.6 Å². The van der Waals surface area contributed by atoms with Crippen LogP contribution in [0, 0.1) is 12.3 Å². The number of halogens is 1. The van der Waals surface area contributed by atoms with Gasteiger partial charge in [0, 0.05) is 5.02 Å². The number of nitrogens with two attached hydrogens (primary N) is 1. The summed E-state index contributed by atoms with van der Waals surface area (Å²) in [7, 11) is 0. The fraction of sp³-hybridized carbons (Fsp3) is 0.500. The Morgan fingerprint density at radius 3 is 2.40 bits per heavy atom. The van der Waals surface area contributed by atoms with E-state index in [1.807, 2.05) is 18.2 Å². The summed E-state index contributed by atoms with van der Waals surface area (Å²) in [6, 6.07) is 6.01. The Hall–Kier alpha value is -0.570. The Morgan fingerprint density at radius 2 is 1.93 bits per heavy atom. The Bertz CT molecular complexity index is 342. The first-order chi connectivity index (χ1) is 6.86. The summed E-state index contributed by atoms with van der Waals surface area (Å²) in [5, 5.41) is 0.750. The molecule has 1 aromatic carbocycles. The van der Waals surface area contributed by atoms with E-state index in [2.05, 4.69) is 33.1 Å². The number of hydrazine groups is 1. The van der Waals surface area contributed by atoms with Crippen molar-refractivity contribution in [3.63, 3.8) is 0 Å². The highest BCUT2D eigenvalue weighted by molar-refractivity contribution is 6.30. The third-order valence-corrected chi connectivity index (χ3v) is 2.82. The number of benzene rings is 1. The van der Waals surface area contributed by atoms with Crippen LogP contribution in [0.1, 0.15) is 37.9 Å². The van der Waals surface area contributed by atoms with E-state index in [0.29, 0.717) is 0 Å². The van der Waals surface area contributed by atoms with Crippen LogP contribution in [0.5, 0.6) is 0 Å². The van der Waals surface area contributed by atoms with E-state index in [1.54, 1.807) is 0 Å². The van der Waals surface area contributed by atoms with E-state index in [0.717, 1.165) is 10.6 Å². The first-order valence-corrected chi connectivity index (χ1v) is 5.46. The Kier molecular flexibility index (Phi) is 3.77. The molecule has 0 radical (unpaired) electrons. The van der Waals surface area contributed by atoms with Gasteiger partial charge < -0.3 is 0 Å². The van der Waals surface area contributed by atoms with Crippen LogP contribution in [-0.4, -0.2) is 0 Å². The van der Waals surface area contributed by atoms with Crippen LogP contribution in [0.3, 0.4) is 0 Å². The molecule has 1 aromatic rings. The van der Waals surface area contributed by atoms with Crippen molar-refractivity contribution in [1.82, 2.24) is 5.43 Å². The van der Waals surface area contributed by atoms with Gasteiger partial charge in [-0.2, -0.15) is 0 Å². The van der Waals surface area contributed by atoms with Gasteiger partial charge in [0.15, 0.2) is 0 Å². The highest BCUT2D eigenvalue weighted by Gasteiger charge is 2.26. The minimum Gasteiger partial charge on any atom is -0.271 e. The van der Waals surface area contributed by atoms with Crippen molar-refractivity contribution in [2.75, 3.05) is 0 Å². The summed E-state index contributed by atoms with van der Waals surface area (Å²) >= 11 is 6.00. The van der Waals surface area contributed by atoms with E-state index in [1.165, 1.54) is 5.56 Å². The molecule has 3 heteroatoms. The van der Waals surface area contributed by atoms with Crippen LogP contribution in [0.2, 0.25) is 5.02 Å². The first-order valence-electron chi connectivity index (χ1n) is 5.08. The van der Waals surface area contributed by atoms with E-state index in [4.69, 9.17) is 17.4 Å². The topological polar surface area (TPSA) is 38.0 Å². The maximum atomic E-state index is 6.00. The van der Waals surface area contributed by atoms with Crippen LogP contribution < -0.4 is 11.3 Å².